The second-order valence-corrected chi connectivity index (χ2v) is 5.57. The van der Waals surface area contributed by atoms with Gasteiger partial charge < -0.3 is 9.84 Å². The minimum Gasteiger partial charge on any atom is -0.464 e. The SMILES string of the molecule is CCOC(=O)[C@@H](O)C1(C(=O)c2ccccc2)CCCCC1. The van der Waals surface area contributed by atoms with Gasteiger partial charge in [0.2, 0.25) is 0 Å². The van der Waals surface area contributed by atoms with Gasteiger partial charge in [0.05, 0.1) is 12.0 Å². The van der Waals surface area contributed by atoms with E-state index in [1.807, 2.05) is 6.07 Å². The molecule has 1 atom stereocenters. The van der Waals surface area contributed by atoms with Gasteiger partial charge in [0.15, 0.2) is 11.9 Å². The first-order valence-corrected chi connectivity index (χ1v) is 7.56. The lowest BCUT2D eigenvalue weighted by molar-refractivity contribution is -0.160. The van der Waals surface area contributed by atoms with Crippen LogP contribution in [-0.2, 0) is 9.53 Å². The minimum atomic E-state index is -1.38. The highest BCUT2D eigenvalue weighted by Crippen LogP contribution is 2.42. The third-order valence-electron chi connectivity index (χ3n) is 4.27. The van der Waals surface area contributed by atoms with Crippen LogP contribution in [0.2, 0.25) is 0 Å². The summed E-state index contributed by atoms with van der Waals surface area (Å²) in [6.07, 6.45) is 2.38. The number of aliphatic hydroxyl groups excluding tert-OH is 1. The molecule has 1 N–H and O–H groups in total. The number of Topliss-reactive ketones (excluding diaryl/α,β-unsaturated/α-hetero) is 1. The van der Waals surface area contributed by atoms with Gasteiger partial charge in [-0.15, -0.1) is 0 Å². The zero-order valence-electron chi connectivity index (χ0n) is 12.4. The molecule has 0 amide bonds. The van der Waals surface area contributed by atoms with E-state index in [2.05, 4.69) is 0 Å². The second kappa shape index (κ2) is 6.85. The first-order valence-electron chi connectivity index (χ1n) is 7.56. The number of ether oxygens (including phenoxy) is 1. The Hall–Kier alpha value is -1.68. The van der Waals surface area contributed by atoms with Crippen molar-refractivity contribution >= 4 is 11.8 Å². The largest absolute Gasteiger partial charge is 0.464 e. The maximum atomic E-state index is 12.9. The summed E-state index contributed by atoms with van der Waals surface area (Å²) >= 11 is 0. The lowest BCUT2D eigenvalue weighted by Crippen LogP contribution is -2.48. The molecule has 1 aliphatic carbocycles. The predicted octanol–water partition coefficient (Wildman–Crippen LogP) is 2.74. The maximum absolute atomic E-state index is 12.9. The van der Waals surface area contributed by atoms with Gasteiger partial charge in [-0.2, -0.15) is 0 Å². The first-order chi connectivity index (χ1) is 10.1. The van der Waals surface area contributed by atoms with Gasteiger partial charge in [-0.05, 0) is 19.8 Å². The molecule has 2 rings (SSSR count). The molecule has 1 aromatic rings. The molecule has 0 aliphatic heterocycles. The summed E-state index contributed by atoms with van der Waals surface area (Å²) < 4.78 is 4.93. The Labute approximate surface area is 125 Å². The van der Waals surface area contributed by atoms with Crippen LogP contribution < -0.4 is 0 Å². The van der Waals surface area contributed by atoms with Crippen molar-refractivity contribution in [3.05, 3.63) is 35.9 Å². The van der Waals surface area contributed by atoms with Crippen molar-refractivity contribution in [3.63, 3.8) is 0 Å². The van der Waals surface area contributed by atoms with Crippen LogP contribution >= 0.6 is 0 Å². The zero-order chi connectivity index (χ0) is 15.3. The molecule has 114 valence electrons. The lowest BCUT2D eigenvalue weighted by atomic mass is 9.66. The number of esters is 1. The summed E-state index contributed by atoms with van der Waals surface area (Å²) in [5, 5.41) is 10.5. The Balaban J connectivity index is 2.33. The number of carbonyl (C=O) groups excluding carboxylic acids is 2. The monoisotopic (exact) mass is 290 g/mol. The highest BCUT2D eigenvalue weighted by atomic mass is 16.5. The van der Waals surface area contributed by atoms with Crippen LogP contribution in [0, 0.1) is 5.41 Å². The van der Waals surface area contributed by atoms with Crippen LogP contribution in [-0.4, -0.2) is 29.6 Å². The maximum Gasteiger partial charge on any atom is 0.336 e. The topological polar surface area (TPSA) is 63.6 Å². The van der Waals surface area contributed by atoms with E-state index < -0.39 is 17.5 Å². The van der Waals surface area contributed by atoms with Gasteiger partial charge in [-0.3, -0.25) is 4.79 Å². The molecule has 0 unspecified atom stereocenters. The molecule has 1 aliphatic rings. The molecule has 1 saturated carbocycles. The van der Waals surface area contributed by atoms with E-state index in [1.165, 1.54) is 0 Å². The molecule has 4 heteroatoms. The molecule has 0 heterocycles. The average Bonchev–Trinajstić information content (AvgIpc) is 2.55. The quantitative estimate of drug-likeness (QED) is 0.669. The van der Waals surface area contributed by atoms with E-state index in [9.17, 15) is 14.7 Å². The van der Waals surface area contributed by atoms with Crippen LogP contribution in [0.3, 0.4) is 0 Å². The van der Waals surface area contributed by atoms with Crippen LogP contribution in [0.15, 0.2) is 30.3 Å². The Morgan fingerprint density at radius 1 is 1.19 bits per heavy atom. The average molecular weight is 290 g/mol. The molecule has 1 aromatic carbocycles. The summed E-state index contributed by atoms with van der Waals surface area (Å²) in [6, 6.07) is 8.89. The number of ketones is 1. The van der Waals surface area contributed by atoms with Gasteiger partial charge in [0, 0.05) is 5.56 Å². The second-order valence-electron chi connectivity index (χ2n) is 5.57. The molecular formula is C17H22O4. The van der Waals surface area contributed by atoms with Gasteiger partial charge in [0.25, 0.3) is 0 Å². The molecule has 0 radical (unpaired) electrons. The van der Waals surface area contributed by atoms with Crippen LogP contribution in [0.4, 0.5) is 0 Å². The number of hydrogen-bond donors (Lipinski definition) is 1. The highest BCUT2D eigenvalue weighted by Gasteiger charge is 2.49. The molecular weight excluding hydrogens is 268 g/mol. The number of benzene rings is 1. The molecule has 0 saturated heterocycles. The van der Waals surface area contributed by atoms with E-state index in [1.54, 1.807) is 31.2 Å². The standard InChI is InChI=1S/C17H22O4/c1-2-21-16(20)15(19)17(11-7-4-8-12-17)14(18)13-9-5-3-6-10-13/h3,5-6,9-10,15,19H,2,4,7-8,11-12H2,1H3/t15-/m1/s1. The molecule has 21 heavy (non-hydrogen) atoms. The fraction of sp³-hybridized carbons (Fsp3) is 0.529. The van der Waals surface area contributed by atoms with Gasteiger partial charge in [-0.25, -0.2) is 4.79 Å². The van der Waals surface area contributed by atoms with Crippen molar-refractivity contribution in [3.8, 4) is 0 Å². The van der Waals surface area contributed by atoms with Crippen LogP contribution in [0.5, 0.6) is 0 Å². The van der Waals surface area contributed by atoms with Gasteiger partial charge in [-0.1, -0.05) is 49.6 Å². The smallest absolute Gasteiger partial charge is 0.336 e. The highest BCUT2D eigenvalue weighted by molar-refractivity contribution is 6.03. The summed E-state index contributed by atoms with van der Waals surface area (Å²) in [5.41, 5.74) is -0.492. The van der Waals surface area contributed by atoms with E-state index in [-0.39, 0.29) is 12.4 Å². The Bertz CT molecular complexity index is 489. The predicted molar refractivity (Wildman–Crippen MR) is 78.9 cm³/mol. The normalized spacial score (nSPS) is 18.8. The third kappa shape index (κ3) is 3.16. The molecule has 0 spiro atoms. The Morgan fingerprint density at radius 3 is 2.38 bits per heavy atom. The molecule has 4 nitrogen and oxygen atoms in total. The van der Waals surface area contributed by atoms with Crippen molar-refractivity contribution in [2.75, 3.05) is 6.61 Å². The molecule has 0 aromatic heterocycles. The van der Waals surface area contributed by atoms with Crippen molar-refractivity contribution < 1.29 is 19.4 Å². The first kappa shape index (κ1) is 15.7. The van der Waals surface area contributed by atoms with Crippen molar-refractivity contribution in [2.45, 2.75) is 45.1 Å². The summed E-state index contributed by atoms with van der Waals surface area (Å²) in [6.45, 7) is 1.89. The van der Waals surface area contributed by atoms with E-state index >= 15 is 0 Å². The van der Waals surface area contributed by atoms with Gasteiger partial charge >= 0.3 is 5.97 Å². The Kier molecular flexibility index (Phi) is 5.12. The van der Waals surface area contributed by atoms with Gasteiger partial charge in [0.1, 0.15) is 0 Å². The fourth-order valence-corrected chi connectivity index (χ4v) is 3.13. The van der Waals surface area contributed by atoms with E-state index in [0.717, 1.165) is 19.3 Å². The lowest BCUT2D eigenvalue weighted by Gasteiger charge is -2.38. The summed E-state index contributed by atoms with van der Waals surface area (Å²) in [7, 11) is 0. The number of hydrogen-bond acceptors (Lipinski definition) is 4. The number of aliphatic hydroxyl groups is 1. The third-order valence-corrected chi connectivity index (χ3v) is 4.27. The van der Waals surface area contributed by atoms with E-state index in [0.29, 0.717) is 18.4 Å². The number of carbonyl (C=O) groups is 2. The van der Waals surface area contributed by atoms with Crippen LogP contribution in [0.1, 0.15) is 49.4 Å². The molecule has 1 fully saturated rings. The Morgan fingerprint density at radius 2 is 1.81 bits per heavy atom. The van der Waals surface area contributed by atoms with Crippen molar-refractivity contribution in [2.24, 2.45) is 5.41 Å². The zero-order valence-corrected chi connectivity index (χ0v) is 12.4. The van der Waals surface area contributed by atoms with Crippen LogP contribution in [0.25, 0.3) is 0 Å². The summed E-state index contributed by atoms with van der Waals surface area (Å²) in [5.74, 6) is -0.841. The fourth-order valence-electron chi connectivity index (χ4n) is 3.13. The molecule has 0 bridgehead atoms. The number of rotatable bonds is 5. The minimum absolute atomic E-state index is 0.150. The summed E-state index contributed by atoms with van der Waals surface area (Å²) in [4.78, 5) is 24.9. The van der Waals surface area contributed by atoms with Crippen molar-refractivity contribution in [1.29, 1.82) is 0 Å². The van der Waals surface area contributed by atoms with Crippen molar-refractivity contribution in [1.82, 2.24) is 0 Å². The van der Waals surface area contributed by atoms with E-state index in [4.69, 9.17) is 4.74 Å².